The summed E-state index contributed by atoms with van der Waals surface area (Å²) in [5.41, 5.74) is -0.511. The topological polar surface area (TPSA) is 87.5 Å². The number of nitrogens with zero attached hydrogens (tertiary/aromatic N) is 2. The van der Waals surface area contributed by atoms with Crippen molar-refractivity contribution in [2.24, 2.45) is 0 Å². The first-order chi connectivity index (χ1) is 10.5. The molecule has 0 radical (unpaired) electrons. The van der Waals surface area contributed by atoms with Gasteiger partial charge in [0.1, 0.15) is 6.54 Å². The first-order valence-electron chi connectivity index (χ1n) is 6.42. The van der Waals surface area contributed by atoms with Crippen LogP contribution in [-0.4, -0.2) is 35.4 Å². The van der Waals surface area contributed by atoms with E-state index in [-0.39, 0.29) is 24.2 Å². The molecule has 0 saturated heterocycles. The number of benzene rings is 1. The molecule has 7 nitrogen and oxygen atoms in total. The van der Waals surface area contributed by atoms with Gasteiger partial charge in [-0.15, -0.1) is 0 Å². The minimum Gasteiger partial charge on any atom is -0.468 e. The lowest BCUT2D eigenvalue weighted by Gasteiger charge is -2.10. The molecule has 2 rings (SSSR count). The molecule has 0 spiro atoms. The first-order valence-corrected chi connectivity index (χ1v) is 7.21. The molecule has 0 aliphatic carbocycles. The van der Waals surface area contributed by atoms with E-state index in [1.165, 1.54) is 7.11 Å². The molecule has 8 heteroatoms. The summed E-state index contributed by atoms with van der Waals surface area (Å²) < 4.78 is 11.1. The van der Waals surface area contributed by atoms with Crippen LogP contribution in [0.3, 0.4) is 0 Å². The SMILES string of the molecule is CCOC(=O)c1nn(CC(=O)OC)c(=O)c2ccc(Br)cc12. The molecule has 1 heterocycles. The molecule has 0 fully saturated rings. The van der Waals surface area contributed by atoms with Crippen LogP contribution in [0, 0.1) is 0 Å². The number of ether oxygens (including phenoxy) is 2. The highest BCUT2D eigenvalue weighted by molar-refractivity contribution is 9.10. The lowest BCUT2D eigenvalue weighted by Crippen LogP contribution is -2.29. The van der Waals surface area contributed by atoms with Gasteiger partial charge in [0.05, 0.1) is 19.1 Å². The van der Waals surface area contributed by atoms with Gasteiger partial charge in [-0.25, -0.2) is 9.48 Å². The van der Waals surface area contributed by atoms with Crippen LogP contribution in [0.5, 0.6) is 0 Å². The number of esters is 2. The third-order valence-electron chi connectivity index (χ3n) is 2.90. The second-order valence-electron chi connectivity index (χ2n) is 4.30. The number of aromatic nitrogens is 2. The Balaban J connectivity index is 2.71. The molecule has 0 aliphatic rings. The first kappa shape index (κ1) is 16.2. The third kappa shape index (κ3) is 3.16. The van der Waals surface area contributed by atoms with Crippen LogP contribution >= 0.6 is 15.9 Å². The standard InChI is InChI=1S/C14H13BrN2O5/c1-3-22-14(20)12-10-6-8(15)4-5-9(10)13(19)17(16-12)7-11(18)21-2/h4-6H,3,7H2,1-2H3. The highest BCUT2D eigenvalue weighted by atomic mass is 79.9. The van der Waals surface area contributed by atoms with Crippen molar-refractivity contribution in [2.45, 2.75) is 13.5 Å². The Hall–Kier alpha value is -2.22. The predicted octanol–water partition coefficient (Wildman–Crippen LogP) is 1.51. The van der Waals surface area contributed by atoms with E-state index in [4.69, 9.17) is 4.74 Å². The minimum absolute atomic E-state index is 0.0262. The van der Waals surface area contributed by atoms with Gasteiger partial charge in [0, 0.05) is 9.86 Å². The Labute approximate surface area is 133 Å². The summed E-state index contributed by atoms with van der Waals surface area (Å²) in [5, 5.41) is 4.58. The number of halogens is 1. The van der Waals surface area contributed by atoms with E-state index in [0.717, 1.165) is 4.68 Å². The van der Waals surface area contributed by atoms with Crippen LogP contribution in [0.25, 0.3) is 10.8 Å². The van der Waals surface area contributed by atoms with Gasteiger partial charge >= 0.3 is 11.9 Å². The van der Waals surface area contributed by atoms with Crippen molar-refractivity contribution in [2.75, 3.05) is 13.7 Å². The summed E-state index contributed by atoms with van der Waals surface area (Å²) in [4.78, 5) is 35.8. The number of fused-ring (bicyclic) bond motifs is 1. The average Bonchev–Trinajstić information content (AvgIpc) is 2.49. The van der Waals surface area contributed by atoms with E-state index in [2.05, 4.69) is 25.8 Å². The van der Waals surface area contributed by atoms with Crippen molar-refractivity contribution in [1.29, 1.82) is 0 Å². The van der Waals surface area contributed by atoms with Crippen molar-refractivity contribution < 1.29 is 19.1 Å². The zero-order valence-corrected chi connectivity index (χ0v) is 13.5. The van der Waals surface area contributed by atoms with E-state index in [0.29, 0.717) is 9.86 Å². The number of rotatable bonds is 4. The van der Waals surface area contributed by atoms with Gasteiger partial charge in [0.15, 0.2) is 5.69 Å². The van der Waals surface area contributed by atoms with Crippen molar-refractivity contribution >= 4 is 38.6 Å². The number of hydrogen-bond acceptors (Lipinski definition) is 6. The quantitative estimate of drug-likeness (QED) is 0.760. The highest BCUT2D eigenvalue weighted by Crippen LogP contribution is 2.20. The molecule has 116 valence electrons. The van der Waals surface area contributed by atoms with E-state index in [9.17, 15) is 14.4 Å². The lowest BCUT2D eigenvalue weighted by atomic mass is 10.1. The lowest BCUT2D eigenvalue weighted by molar-refractivity contribution is -0.141. The smallest absolute Gasteiger partial charge is 0.359 e. The molecule has 1 aromatic carbocycles. The van der Waals surface area contributed by atoms with Gasteiger partial charge in [-0.05, 0) is 25.1 Å². The summed E-state index contributed by atoms with van der Waals surface area (Å²) in [6, 6.07) is 4.83. The maximum Gasteiger partial charge on any atom is 0.359 e. The molecule has 0 N–H and O–H groups in total. The molecule has 0 aliphatic heterocycles. The summed E-state index contributed by atoms with van der Waals surface area (Å²) in [5.74, 6) is -1.30. The van der Waals surface area contributed by atoms with Gasteiger partial charge in [0.2, 0.25) is 0 Å². The maximum atomic E-state index is 12.3. The van der Waals surface area contributed by atoms with Crippen LogP contribution in [-0.2, 0) is 20.8 Å². The largest absolute Gasteiger partial charge is 0.468 e. The summed E-state index contributed by atoms with van der Waals surface area (Å²) >= 11 is 3.29. The molecule has 0 bridgehead atoms. The van der Waals surface area contributed by atoms with Gasteiger partial charge in [-0.3, -0.25) is 9.59 Å². The highest BCUT2D eigenvalue weighted by Gasteiger charge is 2.19. The zero-order chi connectivity index (χ0) is 16.3. The number of hydrogen-bond donors (Lipinski definition) is 0. The molecule has 0 unspecified atom stereocenters. The van der Waals surface area contributed by atoms with Crippen LogP contribution in [0.15, 0.2) is 27.5 Å². The van der Waals surface area contributed by atoms with E-state index in [1.807, 2.05) is 0 Å². The minimum atomic E-state index is -0.663. The fourth-order valence-electron chi connectivity index (χ4n) is 1.90. The van der Waals surface area contributed by atoms with E-state index < -0.39 is 17.5 Å². The molecule has 0 amide bonds. The predicted molar refractivity (Wildman–Crippen MR) is 81.7 cm³/mol. The Morgan fingerprint density at radius 2 is 2.05 bits per heavy atom. The van der Waals surface area contributed by atoms with Crippen molar-refractivity contribution in [1.82, 2.24) is 9.78 Å². The molecule has 22 heavy (non-hydrogen) atoms. The van der Waals surface area contributed by atoms with Gasteiger partial charge in [-0.1, -0.05) is 15.9 Å². The zero-order valence-electron chi connectivity index (χ0n) is 12.0. The Bertz CT molecular complexity index is 800. The molecule has 2 aromatic rings. The normalized spacial score (nSPS) is 10.5. The average molecular weight is 369 g/mol. The molecule has 0 saturated carbocycles. The number of methoxy groups -OCH3 is 1. The van der Waals surface area contributed by atoms with Crippen LogP contribution in [0.2, 0.25) is 0 Å². The molecular weight excluding hydrogens is 356 g/mol. The van der Waals surface area contributed by atoms with Crippen molar-refractivity contribution in [3.63, 3.8) is 0 Å². The Kier molecular flexibility index (Phi) is 4.92. The Morgan fingerprint density at radius 3 is 2.68 bits per heavy atom. The molecule has 1 aromatic heterocycles. The molecular formula is C14H13BrN2O5. The van der Waals surface area contributed by atoms with Crippen LogP contribution in [0.4, 0.5) is 0 Å². The second-order valence-corrected chi connectivity index (χ2v) is 5.21. The Morgan fingerprint density at radius 1 is 1.32 bits per heavy atom. The fourth-order valence-corrected chi connectivity index (χ4v) is 2.26. The third-order valence-corrected chi connectivity index (χ3v) is 3.39. The van der Waals surface area contributed by atoms with E-state index >= 15 is 0 Å². The fraction of sp³-hybridized carbons (Fsp3) is 0.286. The van der Waals surface area contributed by atoms with Gasteiger partial charge < -0.3 is 9.47 Å². The molecule has 0 atom stereocenters. The van der Waals surface area contributed by atoms with Crippen LogP contribution in [0.1, 0.15) is 17.4 Å². The summed E-state index contributed by atoms with van der Waals surface area (Å²) in [7, 11) is 1.21. The van der Waals surface area contributed by atoms with Crippen molar-refractivity contribution in [3.8, 4) is 0 Å². The maximum absolute atomic E-state index is 12.3. The number of carbonyl (C=O) groups excluding carboxylic acids is 2. The monoisotopic (exact) mass is 368 g/mol. The summed E-state index contributed by atoms with van der Waals surface area (Å²) in [6.45, 7) is 1.46. The van der Waals surface area contributed by atoms with Gasteiger partial charge in [-0.2, -0.15) is 5.10 Å². The second kappa shape index (κ2) is 6.69. The number of carbonyl (C=O) groups is 2. The van der Waals surface area contributed by atoms with Gasteiger partial charge in [0.25, 0.3) is 5.56 Å². The van der Waals surface area contributed by atoms with Crippen molar-refractivity contribution in [3.05, 3.63) is 38.7 Å². The van der Waals surface area contributed by atoms with Crippen LogP contribution < -0.4 is 5.56 Å². The summed E-state index contributed by atoms with van der Waals surface area (Å²) in [6.07, 6.45) is 0. The van der Waals surface area contributed by atoms with E-state index in [1.54, 1.807) is 25.1 Å².